The summed E-state index contributed by atoms with van der Waals surface area (Å²) < 4.78 is 35.4. The molecule has 0 bridgehead atoms. The molecular weight excluding hydrogens is 394 g/mol. The average molecular weight is 405 g/mol. The number of halogens is 3. The van der Waals surface area contributed by atoms with Gasteiger partial charge >= 0.3 is 0 Å². The molecule has 0 radical (unpaired) electrons. The first-order valence-corrected chi connectivity index (χ1v) is 9.06. The Morgan fingerprint density at radius 1 is 1.30 bits per heavy atom. The first kappa shape index (κ1) is 17.9. The second kappa shape index (κ2) is 6.93. The zero-order valence-electron chi connectivity index (χ0n) is 13.6. The number of thioether (sulfide) groups is 1. The summed E-state index contributed by atoms with van der Waals surface area (Å²) in [6.07, 6.45) is 0.761. The van der Waals surface area contributed by atoms with Crippen molar-refractivity contribution in [3.05, 3.63) is 76.6 Å². The van der Waals surface area contributed by atoms with E-state index in [-0.39, 0.29) is 12.1 Å². The van der Waals surface area contributed by atoms with Crippen LogP contribution in [0, 0.1) is 22.3 Å². The number of ether oxygens (including phenoxy) is 1. The predicted molar refractivity (Wildman–Crippen MR) is 94.8 cm³/mol. The van der Waals surface area contributed by atoms with Crippen molar-refractivity contribution >= 4 is 23.4 Å². The molecule has 0 N–H and O–H groups in total. The molecule has 0 aliphatic carbocycles. The molecule has 2 aromatic carbocycles. The van der Waals surface area contributed by atoms with Crippen LogP contribution >= 0.6 is 23.4 Å². The number of nitriles is 1. The highest BCUT2D eigenvalue weighted by atomic mass is 35.5. The highest BCUT2D eigenvalue weighted by Crippen LogP contribution is 2.59. The maximum atomic E-state index is 14.6. The fourth-order valence-electron chi connectivity index (χ4n) is 3.13. The number of aromatic nitrogens is 3. The van der Waals surface area contributed by atoms with Gasteiger partial charge in [-0.1, -0.05) is 35.9 Å². The molecule has 1 aliphatic rings. The van der Waals surface area contributed by atoms with E-state index in [1.165, 1.54) is 23.1 Å². The lowest BCUT2D eigenvalue weighted by atomic mass is 9.91. The minimum absolute atomic E-state index is 0.0927. The minimum Gasteiger partial charge on any atom is -0.354 e. The van der Waals surface area contributed by atoms with E-state index in [4.69, 9.17) is 21.6 Å². The van der Waals surface area contributed by atoms with Crippen molar-refractivity contribution in [2.24, 2.45) is 0 Å². The van der Waals surface area contributed by atoms with Gasteiger partial charge in [-0.2, -0.15) is 10.4 Å². The summed E-state index contributed by atoms with van der Waals surface area (Å²) in [5, 5.41) is 15.8. The number of epoxide rings is 1. The van der Waals surface area contributed by atoms with E-state index in [0.29, 0.717) is 15.7 Å². The number of hydrogen-bond donors (Lipinski definition) is 0. The van der Waals surface area contributed by atoms with Crippen LogP contribution in [0.1, 0.15) is 17.2 Å². The van der Waals surface area contributed by atoms with Gasteiger partial charge in [-0.25, -0.2) is 18.4 Å². The quantitative estimate of drug-likeness (QED) is 0.357. The molecule has 136 valence electrons. The van der Waals surface area contributed by atoms with Crippen LogP contribution in [0.2, 0.25) is 5.02 Å². The van der Waals surface area contributed by atoms with Crippen molar-refractivity contribution in [1.29, 1.82) is 5.26 Å². The Labute approximate surface area is 162 Å². The van der Waals surface area contributed by atoms with Gasteiger partial charge in [0.15, 0.2) is 0 Å². The Morgan fingerprint density at radius 3 is 2.85 bits per heavy atom. The second-order valence-electron chi connectivity index (χ2n) is 5.93. The number of thiocyanates is 1. The SMILES string of the molecule is N#CSc1ncnn1C[C@@]1(c2ccc(F)cc2F)O[C@@H]1c1ccccc1Cl. The first-order valence-electron chi connectivity index (χ1n) is 7.86. The molecule has 1 fully saturated rings. The van der Waals surface area contributed by atoms with E-state index < -0.39 is 23.3 Å². The third-order valence-electron chi connectivity index (χ3n) is 4.37. The van der Waals surface area contributed by atoms with E-state index in [1.807, 2.05) is 5.40 Å². The standard InChI is InChI=1S/C18H11ClF2N4OS/c19-14-4-2-1-3-12(14)16-18(26-16,13-6-5-11(20)7-15(13)21)8-25-17(27-9-22)23-10-24-25/h1-7,10,16H,8H2/t16-,18+/m1/s1. The van der Waals surface area contributed by atoms with Crippen molar-refractivity contribution in [2.45, 2.75) is 23.4 Å². The molecule has 27 heavy (non-hydrogen) atoms. The molecule has 0 saturated carbocycles. The van der Waals surface area contributed by atoms with Crippen molar-refractivity contribution in [3.8, 4) is 5.40 Å². The maximum absolute atomic E-state index is 14.6. The topological polar surface area (TPSA) is 67.0 Å². The Morgan fingerprint density at radius 2 is 2.11 bits per heavy atom. The largest absolute Gasteiger partial charge is 0.354 e. The zero-order valence-corrected chi connectivity index (χ0v) is 15.2. The Balaban J connectivity index is 1.79. The molecule has 2 atom stereocenters. The van der Waals surface area contributed by atoms with Gasteiger partial charge in [0.25, 0.3) is 0 Å². The molecule has 1 saturated heterocycles. The third-order valence-corrected chi connectivity index (χ3v) is 5.31. The summed E-state index contributed by atoms with van der Waals surface area (Å²) >= 11 is 7.12. The number of rotatable bonds is 5. The second-order valence-corrected chi connectivity index (χ2v) is 7.09. The van der Waals surface area contributed by atoms with Gasteiger partial charge < -0.3 is 4.74 Å². The lowest BCUT2D eigenvalue weighted by molar-refractivity contribution is 0.250. The fourth-order valence-corrected chi connectivity index (χ4v) is 3.76. The highest BCUT2D eigenvalue weighted by molar-refractivity contribution is 8.03. The fraction of sp³-hybridized carbons (Fsp3) is 0.167. The minimum atomic E-state index is -1.14. The molecule has 1 aromatic heterocycles. The lowest BCUT2D eigenvalue weighted by Crippen LogP contribution is -2.22. The summed E-state index contributed by atoms with van der Waals surface area (Å²) in [5.74, 6) is -1.40. The molecule has 0 unspecified atom stereocenters. The Bertz CT molecular complexity index is 1050. The van der Waals surface area contributed by atoms with E-state index in [0.717, 1.165) is 17.8 Å². The summed E-state index contributed by atoms with van der Waals surface area (Å²) in [6.45, 7) is 0.0927. The van der Waals surface area contributed by atoms with Crippen LogP contribution in [0.3, 0.4) is 0 Å². The van der Waals surface area contributed by atoms with E-state index in [2.05, 4.69) is 10.1 Å². The summed E-state index contributed by atoms with van der Waals surface area (Å²) in [6, 6.07) is 10.5. The van der Waals surface area contributed by atoms with E-state index in [9.17, 15) is 8.78 Å². The molecule has 3 aromatic rings. The molecule has 0 spiro atoms. The third kappa shape index (κ3) is 3.18. The molecular formula is C18H11ClF2N4OS. The van der Waals surface area contributed by atoms with Crippen molar-refractivity contribution in [3.63, 3.8) is 0 Å². The lowest BCUT2D eigenvalue weighted by Gasteiger charge is -2.16. The van der Waals surface area contributed by atoms with Crippen molar-refractivity contribution in [1.82, 2.24) is 14.8 Å². The number of hydrogen-bond acceptors (Lipinski definition) is 5. The average Bonchev–Trinajstić information content (AvgIpc) is 3.18. The predicted octanol–water partition coefficient (Wildman–Crippen LogP) is 4.45. The smallest absolute Gasteiger partial charge is 0.200 e. The maximum Gasteiger partial charge on any atom is 0.200 e. The van der Waals surface area contributed by atoms with Gasteiger partial charge in [0.05, 0.1) is 6.54 Å². The highest BCUT2D eigenvalue weighted by Gasteiger charge is 2.61. The number of benzene rings is 2. The van der Waals surface area contributed by atoms with Crippen LogP contribution < -0.4 is 0 Å². The van der Waals surface area contributed by atoms with E-state index >= 15 is 0 Å². The van der Waals surface area contributed by atoms with Crippen LogP contribution in [-0.2, 0) is 16.9 Å². The van der Waals surface area contributed by atoms with Gasteiger partial charge in [-0.3, -0.25) is 0 Å². The first-order chi connectivity index (χ1) is 13.0. The zero-order chi connectivity index (χ0) is 19.0. The van der Waals surface area contributed by atoms with Crippen LogP contribution in [0.5, 0.6) is 0 Å². The molecule has 4 rings (SSSR count). The van der Waals surface area contributed by atoms with Crippen LogP contribution in [0.15, 0.2) is 53.9 Å². The Hall–Kier alpha value is -2.47. The van der Waals surface area contributed by atoms with Gasteiger partial charge in [0, 0.05) is 34.0 Å². The van der Waals surface area contributed by atoms with Crippen LogP contribution in [0.25, 0.3) is 0 Å². The van der Waals surface area contributed by atoms with E-state index in [1.54, 1.807) is 24.3 Å². The normalized spacial score (nSPS) is 21.0. The molecule has 0 amide bonds. The summed E-state index contributed by atoms with van der Waals surface area (Å²) in [7, 11) is 0. The van der Waals surface area contributed by atoms with Crippen molar-refractivity contribution in [2.75, 3.05) is 0 Å². The van der Waals surface area contributed by atoms with Crippen LogP contribution in [0.4, 0.5) is 8.78 Å². The monoisotopic (exact) mass is 404 g/mol. The molecule has 5 nitrogen and oxygen atoms in total. The summed E-state index contributed by atoms with van der Waals surface area (Å²) in [4.78, 5) is 4.02. The summed E-state index contributed by atoms with van der Waals surface area (Å²) in [5.41, 5.74) is -0.254. The Kier molecular flexibility index (Phi) is 4.60. The molecule has 9 heteroatoms. The van der Waals surface area contributed by atoms with Crippen molar-refractivity contribution < 1.29 is 13.5 Å². The van der Waals surface area contributed by atoms with Crippen LogP contribution in [-0.4, -0.2) is 14.8 Å². The number of nitrogens with zero attached hydrogens (tertiary/aromatic N) is 4. The molecule has 2 heterocycles. The van der Waals surface area contributed by atoms with Gasteiger partial charge in [-0.05, 0) is 12.1 Å². The van der Waals surface area contributed by atoms with Gasteiger partial charge in [0.1, 0.15) is 35.1 Å². The van der Waals surface area contributed by atoms with Gasteiger partial charge in [-0.15, -0.1) is 0 Å². The molecule has 1 aliphatic heterocycles. The van der Waals surface area contributed by atoms with Gasteiger partial charge in [0.2, 0.25) is 5.16 Å².